The summed E-state index contributed by atoms with van der Waals surface area (Å²) >= 11 is 0. The maximum atomic E-state index is 13.3. The van der Waals surface area contributed by atoms with Gasteiger partial charge in [0.15, 0.2) is 0 Å². The van der Waals surface area contributed by atoms with Gasteiger partial charge in [0.2, 0.25) is 11.8 Å². The van der Waals surface area contributed by atoms with Crippen LogP contribution in [0.15, 0.2) is 35.5 Å². The summed E-state index contributed by atoms with van der Waals surface area (Å²) in [5, 5.41) is 7.49. The van der Waals surface area contributed by atoms with E-state index in [0.29, 0.717) is 51.2 Å². The monoisotopic (exact) mass is 427 g/mol. The molecule has 6 nitrogen and oxygen atoms in total. The van der Waals surface area contributed by atoms with Crippen molar-refractivity contribution in [2.24, 2.45) is 22.4 Å². The highest BCUT2D eigenvalue weighted by Gasteiger charge is 2.45. The molecular formula is C25H37N3O3. The molecule has 1 atom stereocenters. The second-order valence-corrected chi connectivity index (χ2v) is 9.74. The zero-order valence-electron chi connectivity index (χ0n) is 19.4. The van der Waals surface area contributed by atoms with Crippen LogP contribution in [0.3, 0.4) is 0 Å². The van der Waals surface area contributed by atoms with E-state index in [9.17, 15) is 9.59 Å². The van der Waals surface area contributed by atoms with Gasteiger partial charge in [-0.2, -0.15) is 0 Å². The van der Waals surface area contributed by atoms with Crippen molar-refractivity contribution in [2.75, 3.05) is 19.6 Å². The Labute approximate surface area is 186 Å². The predicted octanol–water partition coefficient (Wildman–Crippen LogP) is 4.00. The molecule has 31 heavy (non-hydrogen) atoms. The molecule has 2 amide bonds. The van der Waals surface area contributed by atoms with Gasteiger partial charge in [-0.1, -0.05) is 63.2 Å². The summed E-state index contributed by atoms with van der Waals surface area (Å²) in [6.07, 6.45) is 3.52. The van der Waals surface area contributed by atoms with Gasteiger partial charge in [0.05, 0.1) is 11.1 Å². The first-order valence-electron chi connectivity index (χ1n) is 11.7. The maximum Gasteiger partial charge on any atom is 0.226 e. The first kappa shape index (κ1) is 23.3. The summed E-state index contributed by atoms with van der Waals surface area (Å²) in [5.74, 6) is 0.788. The average molecular weight is 428 g/mol. The summed E-state index contributed by atoms with van der Waals surface area (Å²) in [6.45, 7) is 10.1. The molecule has 2 aliphatic heterocycles. The number of likely N-dealkylation sites (tertiary alicyclic amines) is 1. The van der Waals surface area contributed by atoms with Gasteiger partial charge in [0.25, 0.3) is 0 Å². The molecule has 0 saturated carbocycles. The lowest BCUT2D eigenvalue weighted by Gasteiger charge is -2.42. The molecule has 1 fully saturated rings. The molecule has 0 aliphatic carbocycles. The summed E-state index contributed by atoms with van der Waals surface area (Å²) < 4.78 is 0. The van der Waals surface area contributed by atoms with Gasteiger partial charge < -0.3 is 15.1 Å². The zero-order valence-corrected chi connectivity index (χ0v) is 19.4. The highest BCUT2D eigenvalue weighted by atomic mass is 16.6. The molecule has 3 rings (SSSR count). The second kappa shape index (κ2) is 10.3. The van der Waals surface area contributed by atoms with Crippen molar-refractivity contribution in [1.82, 2.24) is 10.2 Å². The second-order valence-electron chi connectivity index (χ2n) is 9.74. The van der Waals surface area contributed by atoms with Crippen LogP contribution in [0.2, 0.25) is 0 Å². The molecule has 2 aliphatic rings. The van der Waals surface area contributed by atoms with Crippen LogP contribution < -0.4 is 5.32 Å². The summed E-state index contributed by atoms with van der Waals surface area (Å²) in [6, 6.07) is 10.1. The summed E-state index contributed by atoms with van der Waals surface area (Å²) in [7, 11) is 0. The molecule has 6 heteroatoms. The van der Waals surface area contributed by atoms with Crippen LogP contribution in [0.4, 0.5) is 0 Å². The minimum absolute atomic E-state index is 0.0210. The van der Waals surface area contributed by atoms with E-state index < -0.39 is 5.41 Å². The zero-order chi connectivity index (χ0) is 22.4. The van der Waals surface area contributed by atoms with Crippen LogP contribution in [0.25, 0.3) is 0 Å². The van der Waals surface area contributed by atoms with Crippen molar-refractivity contribution in [1.29, 1.82) is 0 Å². The van der Waals surface area contributed by atoms with Crippen molar-refractivity contribution < 1.29 is 14.4 Å². The van der Waals surface area contributed by atoms with E-state index in [-0.39, 0.29) is 23.8 Å². The Kier molecular flexibility index (Phi) is 7.74. The molecule has 1 saturated heterocycles. The lowest BCUT2D eigenvalue weighted by molar-refractivity contribution is -0.144. The van der Waals surface area contributed by atoms with Crippen LogP contribution in [-0.4, -0.2) is 48.2 Å². The maximum absolute atomic E-state index is 13.3. The summed E-state index contributed by atoms with van der Waals surface area (Å²) in [5.41, 5.74) is 1.49. The molecule has 2 heterocycles. The topological polar surface area (TPSA) is 71.0 Å². The molecule has 1 N–H and O–H groups in total. The number of nitrogens with one attached hydrogen (secondary N) is 1. The molecule has 0 radical (unpaired) electrons. The number of oxime groups is 1. The predicted molar refractivity (Wildman–Crippen MR) is 123 cm³/mol. The van der Waals surface area contributed by atoms with Gasteiger partial charge in [-0.3, -0.25) is 9.59 Å². The molecule has 1 aromatic carbocycles. The fourth-order valence-corrected chi connectivity index (χ4v) is 4.48. The Bertz CT molecular complexity index is 780. The number of piperidine rings is 1. The number of carbonyl (C=O) groups is 2. The van der Waals surface area contributed by atoms with E-state index in [4.69, 9.17) is 4.84 Å². The van der Waals surface area contributed by atoms with Crippen LogP contribution in [0.1, 0.15) is 65.4 Å². The number of carbonyl (C=O) groups excluding carboxylic acids is 2. The average Bonchev–Trinajstić information content (AvgIpc) is 3.22. The van der Waals surface area contributed by atoms with E-state index in [0.717, 1.165) is 17.7 Å². The fraction of sp³-hybridized carbons (Fsp3) is 0.640. The lowest BCUT2D eigenvalue weighted by Crippen LogP contribution is -2.52. The van der Waals surface area contributed by atoms with Crippen LogP contribution in [0, 0.1) is 17.3 Å². The fourth-order valence-electron chi connectivity index (χ4n) is 4.48. The van der Waals surface area contributed by atoms with E-state index in [1.807, 2.05) is 49.1 Å². The van der Waals surface area contributed by atoms with E-state index >= 15 is 0 Å². The van der Waals surface area contributed by atoms with Crippen molar-refractivity contribution in [3.8, 4) is 0 Å². The first-order chi connectivity index (χ1) is 14.8. The lowest BCUT2D eigenvalue weighted by atomic mass is 9.72. The first-order valence-corrected chi connectivity index (χ1v) is 11.7. The number of amides is 2. The SMILES string of the molecule is CC(C)CCNC(=O)C1(C[C@H]2CC(c3ccccc3)=NO2)CCN(C(=O)C(C)C)CC1. The smallest absolute Gasteiger partial charge is 0.226 e. The van der Waals surface area contributed by atoms with Gasteiger partial charge in [-0.15, -0.1) is 0 Å². The Balaban J connectivity index is 1.67. The molecular weight excluding hydrogens is 390 g/mol. The molecule has 0 bridgehead atoms. The number of hydrogen-bond acceptors (Lipinski definition) is 4. The van der Waals surface area contributed by atoms with Gasteiger partial charge in [-0.05, 0) is 30.7 Å². The van der Waals surface area contributed by atoms with Crippen LogP contribution in [-0.2, 0) is 14.4 Å². The quantitative estimate of drug-likeness (QED) is 0.682. The van der Waals surface area contributed by atoms with Gasteiger partial charge in [0.1, 0.15) is 6.10 Å². The molecule has 0 aromatic heterocycles. The third-order valence-corrected chi connectivity index (χ3v) is 6.47. The van der Waals surface area contributed by atoms with Crippen molar-refractivity contribution in [3.63, 3.8) is 0 Å². The largest absolute Gasteiger partial charge is 0.392 e. The van der Waals surface area contributed by atoms with E-state index in [1.165, 1.54) is 0 Å². The number of rotatable bonds is 8. The number of nitrogens with zero attached hydrogens (tertiary/aromatic N) is 2. The van der Waals surface area contributed by atoms with E-state index in [2.05, 4.69) is 24.3 Å². The summed E-state index contributed by atoms with van der Waals surface area (Å²) in [4.78, 5) is 33.5. The standard InChI is InChI=1S/C25H37N3O3/c1-18(2)10-13-26-24(30)25(11-14-28(15-12-25)23(29)19(3)4)17-21-16-22(27-31-21)20-8-6-5-7-9-20/h5-9,18-19,21H,10-17H2,1-4H3,(H,26,30)/t21-/m1/s1. The number of benzene rings is 1. The third-order valence-electron chi connectivity index (χ3n) is 6.47. The Hall–Kier alpha value is -2.37. The van der Waals surface area contributed by atoms with Gasteiger partial charge in [-0.25, -0.2) is 0 Å². The minimum Gasteiger partial charge on any atom is -0.392 e. The highest BCUT2D eigenvalue weighted by Crippen LogP contribution is 2.39. The van der Waals surface area contributed by atoms with Crippen molar-refractivity contribution in [2.45, 2.75) is 65.9 Å². The number of hydrogen-bond donors (Lipinski definition) is 1. The minimum atomic E-state index is -0.517. The van der Waals surface area contributed by atoms with Crippen LogP contribution >= 0.6 is 0 Å². The van der Waals surface area contributed by atoms with Crippen molar-refractivity contribution in [3.05, 3.63) is 35.9 Å². The normalized spacial score (nSPS) is 20.5. The molecule has 170 valence electrons. The third kappa shape index (κ3) is 5.86. The van der Waals surface area contributed by atoms with Crippen LogP contribution in [0.5, 0.6) is 0 Å². The van der Waals surface area contributed by atoms with Crippen molar-refractivity contribution >= 4 is 17.5 Å². The molecule has 0 unspecified atom stereocenters. The molecule has 1 aromatic rings. The van der Waals surface area contributed by atoms with Gasteiger partial charge in [0, 0.05) is 38.4 Å². The Morgan fingerprint density at radius 3 is 2.45 bits per heavy atom. The van der Waals surface area contributed by atoms with E-state index in [1.54, 1.807) is 0 Å². The Morgan fingerprint density at radius 1 is 1.16 bits per heavy atom. The Morgan fingerprint density at radius 2 is 1.84 bits per heavy atom. The highest BCUT2D eigenvalue weighted by molar-refractivity contribution is 6.01. The molecule has 0 spiro atoms. The van der Waals surface area contributed by atoms with Gasteiger partial charge >= 0.3 is 0 Å².